The third kappa shape index (κ3) is 2.23. The fourth-order valence-corrected chi connectivity index (χ4v) is 4.64. The highest BCUT2D eigenvalue weighted by Gasteiger charge is 2.38. The minimum atomic E-state index is 0.185. The van der Waals surface area contributed by atoms with Crippen LogP contribution in [0, 0.1) is 12.8 Å². The Kier molecular flexibility index (Phi) is 2.90. The van der Waals surface area contributed by atoms with E-state index in [-0.39, 0.29) is 11.7 Å². The number of hydrogen-bond donors (Lipinski definition) is 0. The smallest absolute Gasteiger partial charge is 0.185 e. The Balaban J connectivity index is 1.78. The molecule has 0 radical (unpaired) electrons. The molecule has 90 valence electrons. The van der Waals surface area contributed by atoms with Crippen LogP contribution in [0.5, 0.6) is 0 Å². The number of ketones is 1. The molecule has 0 saturated carbocycles. The maximum atomic E-state index is 12.4. The number of Topliss-reactive ketones (excluding diaryl/α,β-unsaturated/α-hetero) is 1. The molecule has 3 heterocycles. The summed E-state index contributed by atoms with van der Waals surface area (Å²) in [6.45, 7) is 1.88. The summed E-state index contributed by atoms with van der Waals surface area (Å²) in [7, 11) is 0. The van der Waals surface area contributed by atoms with Crippen molar-refractivity contribution in [3.63, 3.8) is 0 Å². The molecule has 2 fully saturated rings. The molecule has 0 N–H and O–H groups in total. The second-order valence-electron chi connectivity index (χ2n) is 5.04. The molecule has 1 aromatic heterocycles. The number of rotatable bonds is 2. The Labute approximate surface area is 105 Å². The number of carbonyl (C=O) groups is 1. The predicted molar refractivity (Wildman–Crippen MR) is 68.2 cm³/mol. The lowest BCUT2D eigenvalue weighted by atomic mass is 9.93. The van der Waals surface area contributed by atoms with Gasteiger partial charge in [0.05, 0.1) is 11.9 Å². The van der Waals surface area contributed by atoms with E-state index in [1.807, 2.05) is 6.92 Å². The van der Waals surface area contributed by atoms with E-state index in [2.05, 4.69) is 21.7 Å². The van der Waals surface area contributed by atoms with Gasteiger partial charge >= 0.3 is 0 Å². The van der Waals surface area contributed by atoms with Gasteiger partial charge < -0.3 is 0 Å². The van der Waals surface area contributed by atoms with Gasteiger partial charge in [-0.3, -0.25) is 9.78 Å². The monoisotopic (exact) mass is 248 g/mol. The van der Waals surface area contributed by atoms with Crippen LogP contribution in [0.1, 0.15) is 41.9 Å². The van der Waals surface area contributed by atoms with Crippen LogP contribution in [-0.2, 0) is 0 Å². The highest BCUT2D eigenvalue weighted by atomic mass is 32.2. The molecule has 2 unspecified atom stereocenters. The summed E-state index contributed by atoms with van der Waals surface area (Å²) in [5, 5.41) is 1.42. The maximum Gasteiger partial charge on any atom is 0.185 e. The van der Waals surface area contributed by atoms with Crippen LogP contribution in [0.3, 0.4) is 0 Å². The van der Waals surface area contributed by atoms with E-state index in [0.717, 1.165) is 18.5 Å². The van der Waals surface area contributed by atoms with Crippen molar-refractivity contribution in [2.45, 2.75) is 43.1 Å². The van der Waals surface area contributed by atoms with Crippen LogP contribution in [-0.4, -0.2) is 26.3 Å². The number of aryl methyl sites for hydroxylation is 1. The first kappa shape index (κ1) is 11.2. The molecular weight excluding hydrogens is 232 g/mol. The van der Waals surface area contributed by atoms with Crippen molar-refractivity contribution in [1.82, 2.24) is 9.97 Å². The SMILES string of the molecule is Cc1cncc(C(=O)C2CC3CCC(C2)S3)n1. The molecule has 2 bridgehead atoms. The van der Waals surface area contributed by atoms with Gasteiger partial charge in [0.25, 0.3) is 0 Å². The predicted octanol–water partition coefficient (Wildman–Crippen LogP) is 2.64. The zero-order valence-electron chi connectivity index (χ0n) is 9.93. The van der Waals surface area contributed by atoms with Crippen molar-refractivity contribution >= 4 is 17.5 Å². The first-order chi connectivity index (χ1) is 8.22. The third-order valence-electron chi connectivity index (χ3n) is 3.67. The van der Waals surface area contributed by atoms with E-state index in [1.165, 1.54) is 12.8 Å². The van der Waals surface area contributed by atoms with E-state index in [4.69, 9.17) is 0 Å². The van der Waals surface area contributed by atoms with E-state index < -0.39 is 0 Å². The van der Waals surface area contributed by atoms with Crippen LogP contribution < -0.4 is 0 Å². The van der Waals surface area contributed by atoms with Gasteiger partial charge in [0, 0.05) is 22.6 Å². The number of aromatic nitrogens is 2. The average Bonchev–Trinajstić information content (AvgIpc) is 2.67. The lowest BCUT2D eigenvalue weighted by molar-refractivity contribution is 0.0901. The largest absolute Gasteiger partial charge is 0.292 e. The standard InChI is InChI=1S/C13H16N2OS/c1-8-6-14-7-12(15-8)13(16)9-4-10-2-3-11(5-9)17-10/h6-7,9-11H,2-5H2,1H3. The first-order valence-corrected chi connectivity index (χ1v) is 7.15. The van der Waals surface area contributed by atoms with Crippen molar-refractivity contribution in [3.05, 3.63) is 23.8 Å². The second-order valence-corrected chi connectivity index (χ2v) is 6.64. The highest BCUT2D eigenvalue weighted by Crippen LogP contribution is 2.46. The summed E-state index contributed by atoms with van der Waals surface area (Å²) < 4.78 is 0. The number of fused-ring (bicyclic) bond motifs is 2. The molecule has 2 saturated heterocycles. The van der Waals surface area contributed by atoms with Gasteiger partial charge in [0.15, 0.2) is 5.78 Å². The van der Waals surface area contributed by atoms with E-state index >= 15 is 0 Å². The Morgan fingerprint density at radius 1 is 1.29 bits per heavy atom. The molecule has 3 rings (SSSR count). The molecule has 17 heavy (non-hydrogen) atoms. The van der Waals surface area contributed by atoms with Gasteiger partial charge in [-0.05, 0) is 32.6 Å². The summed E-state index contributed by atoms with van der Waals surface area (Å²) in [5.41, 5.74) is 1.38. The molecule has 0 amide bonds. The quantitative estimate of drug-likeness (QED) is 0.755. The van der Waals surface area contributed by atoms with Crippen molar-refractivity contribution in [1.29, 1.82) is 0 Å². The number of thioether (sulfide) groups is 1. The number of nitrogens with zero attached hydrogens (tertiary/aromatic N) is 2. The fraction of sp³-hybridized carbons (Fsp3) is 0.615. The van der Waals surface area contributed by atoms with Crippen LogP contribution in [0.2, 0.25) is 0 Å². The van der Waals surface area contributed by atoms with Crippen molar-refractivity contribution < 1.29 is 4.79 Å². The topological polar surface area (TPSA) is 42.9 Å². The molecule has 2 aliphatic heterocycles. The second kappa shape index (κ2) is 4.41. The molecule has 0 spiro atoms. The van der Waals surface area contributed by atoms with Crippen molar-refractivity contribution in [2.75, 3.05) is 0 Å². The summed E-state index contributed by atoms with van der Waals surface area (Å²) in [6.07, 6.45) is 7.96. The minimum absolute atomic E-state index is 0.185. The molecule has 3 nitrogen and oxygen atoms in total. The normalized spacial score (nSPS) is 31.5. The van der Waals surface area contributed by atoms with Crippen LogP contribution in [0.25, 0.3) is 0 Å². The van der Waals surface area contributed by atoms with Crippen LogP contribution in [0.4, 0.5) is 0 Å². The lowest BCUT2D eigenvalue weighted by Crippen LogP contribution is -2.25. The molecule has 2 atom stereocenters. The Morgan fingerprint density at radius 3 is 2.65 bits per heavy atom. The molecule has 4 heteroatoms. The van der Waals surface area contributed by atoms with Gasteiger partial charge in [-0.1, -0.05) is 0 Å². The fourth-order valence-electron chi connectivity index (χ4n) is 2.86. The molecule has 0 aromatic carbocycles. The molecular formula is C13H16N2OS. The summed E-state index contributed by atoms with van der Waals surface area (Å²) >= 11 is 2.08. The zero-order chi connectivity index (χ0) is 11.8. The zero-order valence-corrected chi connectivity index (χ0v) is 10.7. The average molecular weight is 248 g/mol. The Morgan fingerprint density at radius 2 is 2.00 bits per heavy atom. The van der Waals surface area contributed by atoms with Gasteiger partial charge in [-0.2, -0.15) is 11.8 Å². The van der Waals surface area contributed by atoms with E-state index in [1.54, 1.807) is 12.4 Å². The minimum Gasteiger partial charge on any atom is -0.292 e. The lowest BCUT2D eigenvalue weighted by Gasteiger charge is -2.25. The third-order valence-corrected chi connectivity index (χ3v) is 5.29. The van der Waals surface area contributed by atoms with Gasteiger partial charge in [0.1, 0.15) is 5.69 Å². The summed E-state index contributed by atoms with van der Waals surface area (Å²) in [4.78, 5) is 20.7. The summed E-state index contributed by atoms with van der Waals surface area (Å²) in [5.74, 6) is 0.392. The molecule has 0 aliphatic carbocycles. The van der Waals surface area contributed by atoms with Gasteiger partial charge in [0.2, 0.25) is 0 Å². The van der Waals surface area contributed by atoms with Crippen molar-refractivity contribution in [3.8, 4) is 0 Å². The molecule has 2 aliphatic rings. The first-order valence-electron chi connectivity index (χ1n) is 6.20. The highest BCUT2D eigenvalue weighted by molar-refractivity contribution is 8.00. The van der Waals surface area contributed by atoms with E-state index in [9.17, 15) is 4.79 Å². The van der Waals surface area contributed by atoms with Crippen LogP contribution >= 0.6 is 11.8 Å². The van der Waals surface area contributed by atoms with Crippen LogP contribution in [0.15, 0.2) is 12.4 Å². The number of hydrogen-bond acceptors (Lipinski definition) is 4. The van der Waals surface area contributed by atoms with Crippen molar-refractivity contribution in [2.24, 2.45) is 5.92 Å². The Bertz CT molecular complexity index is 437. The number of carbonyl (C=O) groups excluding carboxylic acids is 1. The van der Waals surface area contributed by atoms with Gasteiger partial charge in [-0.15, -0.1) is 0 Å². The molecule has 1 aromatic rings. The maximum absolute atomic E-state index is 12.4. The van der Waals surface area contributed by atoms with E-state index in [0.29, 0.717) is 16.2 Å². The summed E-state index contributed by atoms with van der Waals surface area (Å²) in [6, 6.07) is 0. The van der Waals surface area contributed by atoms with Gasteiger partial charge in [-0.25, -0.2) is 4.98 Å². The Hall–Kier alpha value is -0.900.